The quantitative estimate of drug-likeness (QED) is 0.298. The predicted molar refractivity (Wildman–Crippen MR) is 129 cm³/mol. The Kier molecular flexibility index (Phi) is 5.53. The summed E-state index contributed by atoms with van der Waals surface area (Å²) in [5, 5.41) is 0. The van der Waals surface area contributed by atoms with Gasteiger partial charge in [0.25, 0.3) is 0 Å². The number of Topliss-reactive ketones (excluding diaryl/α,β-unsaturated/α-hetero) is 1. The molecule has 6 atom stereocenters. The van der Waals surface area contributed by atoms with Crippen molar-refractivity contribution < 1.29 is 19.1 Å². The van der Waals surface area contributed by atoms with Gasteiger partial charge in [0.2, 0.25) is 11.8 Å². The van der Waals surface area contributed by atoms with Gasteiger partial charge in [-0.1, -0.05) is 56.1 Å². The van der Waals surface area contributed by atoms with Crippen LogP contribution >= 0.6 is 31.9 Å². The van der Waals surface area contributed by atoms with Gasteiger partial charge >= 0.3 is 0 Å². The highest BCUT2D eigenvalue weighted by Gasteiger charge is 2.66. The molecule has 7 heteroatoms. The Balaban J connectivity index is 1.38. The lowest BCUT2D eigenvalue weighted by molar-refractivity contribution is -0.123. The number of halogens is 2. The first-order chi connectivity index (χ1) is 15.3. The third kappa shape index (κ3) is 3.27. The number of hydrogen-bond acceptors (Lipinski definition) is 4. The van der Waals surface area contributed by atoms with E-state index in [2.05, 4.69) is 31.9 Å². The zero-order chi connectivity index (χ0) is 22.7. The highest BCUT2D eigenvalue weighted by atomic mass is 79.9. The smallest absolute Gasteiger partial charge is 0.238 e. The Morgan fingerprint density at radius 1 is 0.969 bits per heavy atom. The summed E-state index contributed by atoms with van der Waals surface area (Å²) in [4.78, 5) is 41.1. The number of imide groups is 1. The molecule has 5 rings (SSSR count). The van der Waals surface area contributed by atoms with Gasteiger partial charge in [-0.2, -0.15) is 0 Å². The third-order valence-electron chi connectivity index (χ3n) is 7.28. The summed E-state index contributed by atoms with van der Waals surface area (Å²) in [6, 6.07) is 12.5. The van der Waals surface area contributed by atoms with Crippen LogP contribution in [0.4, 0.5) is 5.69 Å². The summed E-state index contributed by atoms with van der Waals surface area (Å²) in [5.41, 5.74) is 3.16. The molecule has 1 aliphatic heterocycles. The molecule has 2 aliphatic carbocycles. The molecule has 1 heterocycles. The largest absolute Gasteiger partial charge is 0.483 e. The molecular formula is C25H23Br2NO4. The van der Waals surface area contributed by atoms with Crippen molar-refractivity contribution in [3.05, 3.63) is 59.2 Å². The van der Waals surface area contributed by atoms with Crippen molar-refractivity contribution in [2.75, 3.05) is 11.5 Å². The highest BCUT2D eigenvalue weighted by molar-refractivity contribution is 9.12. The van der Waals surface area contributed by atoms with E-state index in [9.17, 15) is 14.4 Å². The Hall–Kier alpha value is -1.99. The number of alkyl halides is 2. The van der Waals surface area contributed by atoms with Gasteiger partial charge in [-0.3, -0.25) is 14.4 Å². The number of ketones is 1. The van der Waals surface area contributed by atoms with E-state index in [0.29, 0.717) is 17.0 Å². The van der Waals surface area contributed by atoms with Crippen molar-refractivity contribution in [2.24, 2.45) is 23.7 Å². The van der Waals surface area contributed by atoms with Gasteiger partial charge in [0, 0.05) is 15.2 Å². The fourth-order valence-electron chi connectivity index (χ4n) is 5.49. The van der Waals surface area contributed by atoms with E-state index in [1.54, 1.807) is 30.3 Å². The molecule has 2 aromatic rings. The van der Waals surface area contributed by atoms with Crippen LogP contribution in [0, 0.1) is 37.5 Å². The number of anilines is 1. The minimum absolute atomic E-state index is 0.148. The Morgan fingerprint density at radius 2 is 1.59 bits per heavy atom. The number of ether oxygens (including phenoxy) is 1. The molecule has 2 amide bonds. The zero-order valence-corrected chi connectivity index (χ0v) is 20.9. The maximum absolute atomic E-state index is 13.4. The molecule has 0 unspecified atom stereocenters. The standard InChI is InChI=1S/C25H23Br2NO4/c1-12-7-8-14(9-13(12)2)18(29)11-32-19-6-4-3-5-17(19)28-24(30)20-15-10-16(21(20)25(28)31)23(27)22(15)26/h3-9,15-16,20-23H,10-11H2,1-2H3/t15-,16-,20-,21-,22-,23+/m1/s1. The van der Waals surface area contributed by atoms with Crippen LogP contribution in [0.25, 0.3) is 0 Å². The number of fused-ring (bicyclic) bond motifs is 5. The molecule has 3 fully saturated rings. The van der Waals surface area contributed by atoms with E-state index in [0.717, 1.165) is 17.5 Å². The number of hydrogen-bond donors (Lipinski definition) is 0. The van der Waals surface area contributed by atoms with E-state index in [1.165, 1.54) is 4.90 Å². The van der Waals surface area contributed by atoms with Crippen LogP contribution < -0.4 is 9.64 Å². The van der Waals surface area contributed by atoms with Crippen molar-refractivity contribution >= 4 is 55.1 Å². The van der Waals surface area contributed by atoms with Crippen molar-refractivity contribution in [1.29, 1.82) is 0 Å². The number of nitrogens with zero attached hydrogens (tertiary/aromatic N) is 1. The average molecular weight is 561 g/mol. The minimum Gasteiger partial charge on any atom is -0.483 e. The summed E-state index contributed by atoms with van der Waals surface area (Å²) in [6.07, 6.45) is 0.884. The summed E-state index contributed by atoms with van der Waals surface area (Å²) in [7, 11) is 0. The molecule has 0 N–H and O–H groups in total. The summed E-state index contributed by atoms with van der Waals surface area (Å²) in [6.45, 7) is 3.80. The summed E-state index contributed by atoms with van der Waals surface area (Å²) >= 11 is 7.43. The number of amides is 2. The second kappa shape index (κ2) is 8.10. The molecule has 5 nitrogen and oxygen atoms in total. The normalized spacial score (nSPS) is 30.7. The Morgan fingerprint density at radius 3 is 2.22 bits per heavy atom. The van der Waals surface area contributed by atoms with Gasteiger partial charge in [0.15, 0.2) is 12.4 Å². The van der Waals surface area contributed by atoms with Crippen LogP contribution in [-0.4, -0.2) is 33.9 Å². The molecule has 0 radical (unpaired) electrons. The van der Waals surface area contributed by atoms with Crippen molar-refractivity contribution in [2.45, 2.75) is 29.9 Å². The Labute approximate surface area is 203 Å². The van der Waals surface area contributed by atoms with Crippen molar-refractivity contribution in [1.82, 2.24) is 0 Å². The van der Waals surface area contributed by atoms with Crippen LogP contribution in [0.2, 0.25) is 0 Å². The van der Waals surface area contributed by atoms with Crippen LogP contribution in [-0.2, 0) is 9.59 Å². The van der Waals surface area contributed by atoms with Crippen molar-refractivity contribution in [3.8, 4) is 5.75 Å². The first-order valence-corrected chi connectivity index (χ1v) is 12.6. The molecule has 2 aromatic carbocycles. The second-order valence-electron chi connectivity index (χ2n) is 8.99. The number of para-hydroxylation sites is 2. The molecule has 1 saturated heterocycles. The summed E-state index contributed by atoms with van der Waals surface area (Å²) in [5.74, 6) is -0.399. The average Bonchev–Trinajstić information content (AvgIpc) is 3.39. The van der Waals surface area contributed by atoms with Gasteiger partial charge < -0.3 is 4.74 Å². The van der Waals surface area contributed by atoms with Crippen LogP contribution in [0.15, 0.2) is 42.5 Å². The topological polar surface area (TPSA) is 63.7 Å². The van der Waals surface area contributed by atoms with Crippen LogP contribution in [0.1, 0.15) is 27.9 Å². The first-order valence-electron chi connectivity index (χ1n) is 10.8. The maximum atomic E-state index is 13.4. The SMILES string of the molecule is Cc1ccc(C(=O)COc2ccccc2N2C(=O)[C@@H]3[C@H]4C[C@@H]([C@@H](Br)[C@H]4Br)[C@H]3C2=O)cc1C. The lowest BCUT2D eigenvalue weighted by atomic mass is 9.81. The molecule has 32 heavy (non-hydrogen) atoms. The van der Waals surface area contributed by atoms with Crippen LogP contribution in [0.3, 0.4) is 0 Å². The molecule has 166 valence electrons. The monoisotopic (exact) mass is 559 g/mol. The van der Waals surface area contributed by atoms with Gasteiger partial charge in [-0.15, -0.1) is 0 Å². The highest BCUT2D eigenvalue weighted by Crippen LogP contribution is 2.60. The van der Waals surface area contributed by atoms with Gasteiger partial charge in [0.1, 0.15) is 5.75 Å². The number of benzene rings is 2. The summed E-state index contributed by atoms with van der Waals surface area (Å²) < 4.78 is 5.85. The molecule has 3 aliphatic rings. The predicted octanol–water partition coefficient (Wildman–Crippen LogP) is 4.85. The van der Waals surface area contributed by atoms with Crippen LogP contribution in [0.5, 0.6) is 5.75 Å². The third-order valence-corrected chi connectivity index (χ3v) is 10.5. The number of carbonyl (C=O) groups excluding carboxylic acids is 3. The molecular weight excluding hydrogens is 538 g/mol. The lowest BCUT2D eigenvalue weighted by Crippen LogP contribution is -2.37. The first kappa shape index (κ1) is 21.8. The number of rotatable bonds is 5. The van der Waals surface area contributed by atoms with E-state index < -0.39 is 0 Å². The maximum Gasteiger partial charge on any atom is 0.238 e. The number of aryl methyl sites for hydroxylation is 2. The van der Waals surface area contributed by atoms with Gasteiger partial charge in [0.05, 0.1) is 17.5 Å². The van der Waals surface area contributed by atoms with E-state index in [-0.39, 0.29) is 57.5 Å². The molecule has 2 saturated carbocycles. The minimum atomic E-state index is -0.295. The molecule has 2 bridgehead atoms. The van der Waals surface area contributed by atoms with Gasteiger partial charge in [-0.05, 0) is 61.4 Å². The molecule has 0 aromatic heterocycles. The number of carbonyl (C=O) groups is 3. The fraction of sp³-hybridized carbons (Fsp3) is 0.400. The van der Waals surface area contributed by atoms with Gasteiger partial charge in [-0.25, -0.2) is 4.90 Å². The lowest BCUT2D eigenvalue weighted by Gasteiger charge is -2.28. The van der Waals surface area contributed by atoms with E-state index in [4.69, 9.17) is 4.74 Å². The van der Waals surface area contributed by atoms with E-state index in [1.807, 2.05) is 26.0 Å². The Bertz CT molecular complexity index is 1100. The van der Waals surface area contributed by atoms with E-state index >= 15 is 0 Å². The zero-order valence-electron chi connectivity index (χ0n) is 17.8. The fourth-order valence-corrected chi connectivity index (χ4v) is 7.37. The van der Waals surface area contributed by atoms with Crippen molar-refractivity contribution in [3.63, 3.8) is 0 Å². The second-order valence-corrected chi connectivity index (χ2v) is 11.1. The molecule has 0 spiro atoms.